The lowest BCUT2D eigenvalue weighted by Crippen LogP contribution is -1.92. The Labute approximate surface area is 103 Å². The lowest BCUT2D eigenvalue weighted by Gasteiger charge is -2.05. The van der Waals surface area contributed by atoms with Crippen LogP contribution in [0.15, 0.2) is 30.6 Å². The molecule has 3 nitrogen and oxygen atoms in total. The molecule has 0 unspecified atom stereocenters. The SMILES string of the molecule is COc1cc(F)cc(-c2cnc(CCl)nc2)c1. The summed E-state index contributed by atoms with van der Waals surface area (Å²) in [6, 6.07) is 4.45. The highest BCUT2D eigenvalue weighted by Crippen LogP contribution is 2.24. The predicted octanol–water partition coefficient (Wildman–Crippen LogP) is 3.03. The molecule has 0 saturated carbocycles. The molecule has 0 fully saturated rings. The van der Waals surface area contributed by atoms with E-state index in [4.69, 9.17) is 16.3 Å². The number of halogens is 2. The number of hydrogen-bond donors (Lipinski definition) is 0. The summed E-state index contributed by atoms with van der Waals surface area (Å²) in [7, 11) is 1.49. The Hall–Kier alpha value is -1.68. The molecule has 2 aromatic rings. The highest BCUT2D eigenvalue weighted by atomic mass is 35.5. The van der Waals surface area contributed by atoms with E-state index in [0.29, 0.717) is 17.1 Å². The van der Waals surface area contributed by atoms with Crippen molar-refractivity contribution in [1.82, 2.24) is 9.97 Å². The van der Waals surface area contributed by atoms with Gasteiger partial charge in [-0.05, 0) is 17.7 Å². The summed E-state index contributed by atoms with van der Waals surface area (Å²) in [6.07, 6.45) is 3.22. The second kappa shape index (κ2) is 5.10. The van der Waals surface area contributed by atoms with Crippen LogP contribution in [0.2, 0.25) is 0 Å². The summed E-state index contributed by atoms with van der Waals surface area (Å²) < 4.78 is 18.3. The van der Waals surface area contributed by atoms with E-state index in [1.54, 1.807) is 18.5 Å². The first-order chi connectivity index (χ1) is 8.22. The Bertz CT molecular complexity index is 516. The van der Waals surface area contributed by atoms with Crippen LogP contribution in [0.25, 0.3) is 11.1 Å². The number of aromatic nitrogens is 2. The van der Waals surface area contributed by atoms with Gasteiger partial charge in [0, 0.05) is 24.0 Å². The minimum atomic E-state index is -0.360. The van der Waals surface area contributed by atoms with Gasteiger partial charge in [-0.1, -0.05) is 0 Å². The van der Waals surface area contributed by atoms with Gasteiger partial charge in [0.15, 0.2) is 0 Å². The van der Waals surface area contributed by atoms with E-state index in [9.17, 15) is 4.39 Å². The van der Waals surface area contributed by atoms with E-state index in [1.807, 2.05) is 0 Å². The number of benzene rings is 1. The molecule has 0 atom stereocenters. The summed E-state index contributed by atoms with van der Waals surface area (Å²) in [5.41, 5.74) is 1.39. The van der Waals surface area contributed by atoms with E-state index in [2.05, 4.69) is 9.97 Å². The molecular formula is C12H10ClFN2O. The molecule has 0 amide bonds. The van der Waals surface area contributed by atoms with Crippen molar-refractivity contribution in [2.24, 2.45) is 0 Å². The smallest absolute Gasteiger partial charge is 0.142 e. The maximum Gasteiger partial charge on any atom is 0.142 e. The van der Waals surface area contributed by atoms with Gasteiger partial charge in [0.05, 0.1) is 13.0 Å². The van der Waals surface area contributed by atoms with Gasteiger partial charge in [0.1, 0.15) is 17.4 Å². The Balaban J connectivity index is 2.41. The van der Waals surface area contributed by atoms with Crippen LogP contribution in [0, 0.1) is 5.82 Å². The van der Waals surface area contributed by atoms with E-state index in [1.165, 1.54) is 19.2 Å². The predicted molar refractivity (Wildman–Crippen MR) is 63.5 cm³/mol. The molecule has 0 N–H and O–H groups in total. The number of ether oxygens (including phenoxy) is 1. The van der Waals surface area contributed by atoms with Gasteiger partial charge in [-0.2, -0.15) is 0 Å². The maximum absolute atomic E-state index is 13.3. The normalized spacial score (nSPS) is 10.3. The fourth-order valence-electron chi connectivity index (χ4n) is 1.42. The molecule has 5 heteroatoms. The topological polar surface area (TPSA) is 35.0 Å². The third-order valence-electron chi connectivity index (χ3n) is 2.27. The van der Waals surface area contributed by atoms with Gasteiger partial charge >= 0.3 is 0 Å². The van der Waals surface area contributed by atoms with Crippen LogP contribution in [0.5, 0.6) is 5.75 Å². The summed E-state index contributed by atoms with van der Waals surface area (Å²) in [5, 5.41) is 0. The standard InChI is InChI=1S/C12H10ClFN2O/c1-17-11-3-8(2-10(14)4-11)9-6-15-12(5-13)16-7-9/h2-4,6-7H,5H2,1H3. The third kappa shape index (κ3) is 2.71. The van der Waals surface area contributed by atoms with Gasteiger partial charge in [-0.3, -0.25) is 0 Å². The highest BCUT2D eigenvalue weighted by Gasteiger charge is 2.04. The van der Waals surface area contributed by atoms with Gasteiger partial charge in [-0.15, -0.1) is 11.6 Å². The first-order valence-corrected chi connectivity index (χ1v) is 5.48. The largest absolute Gasteiger partial charge is 0.497 e. The fourth-order valence-corrected chi connectivity index (χ4v) is 1.56. The van der Waals surface area contributed by atoms with Gasteiger partial charge in [-0.25, -0.2) is 14.4 Å². The van der Waals surface area contributed by atoms with Crippen LogP contribution in [0.4, 0.5) is 4.39 Å². The average Bonchev–Trinajstić information content (AvgIpc) is 2.38. The average molecular weight is 253 g/mol. The van der Waals surface area contributed by atoms with Crippen molar-refractivity contribution >= 4 is 11.6 Å². The Morgan fingerprint density at radius 1 is 1.18 bits per heavy atom. The molecule has 0 spiro atoms. The summed E-state index contributed by atoms with van der Waals surface area (Å²) in [6.45, 7) is 0. The molecule has 0 saturated heterocycles. The number of rotatable bonds is 3. The van der Waals surface area contributed by atoms with E-state index >= 15 is 0 Å². The second-order valence-corrected chi connectivity index (χ2v) is 3.67. The zero-order valence-electron chi connectivity index (χ0n) is 9.15. The first-order valence-electron chi connectivity index (χ1n) is 4.95. The molecular weight excluding hydrogens is 243 g/mol. The Morgan fingerprint density at radius 2 is 1.88 bits per heavy atom. The molecule has 17 heavy (non-hydrogen) atoms. The van der Waals surface area contributed by atoms with Crippen LogP contribution in [0.1, 0.15) is 5.82 Å². The molecule has 88 valence electrons. The van der Waals surface area contributed by atoms with Crippen LogP contribution < -0.4 is 4.74 Å². The minimum absolute atomic E-state index is 0.257. The quantitative estimate of drug-likeness (QED) is 0.788. The molecule has 1 heterocycles. The summed E-state index contributed by atoms with van der Waals surface area (Å²) in [5.74, 6) is 0.896. The Kier molecular flexibility index (Phi) is 3.54. The zero-order valence-corrected chi connectivity index (χ0v) is 9.91. The van der Waals surface area contributed by atoms with Crippen molar-refractivity contribution in [1.29, 1.82) is 0 Å². The Morgan fingerprint density at radius 3 is 2.47 bits per heavy atom. The lowest BCUT2D eigenvalue weighted by molar-refractivity contribution is 0.411. The van der Waals surface area contributed by atoms with Crippen molar-refractivity contribution in [3.05, 3.63) is 42.2 Å². The lowest BCUT2D eigenvalue weighted by atomic mass is 10.1. The monoisotopic (exact) mass is 252 g/mol. The van der Waals surface area contributed by atoms with E-state index < -0.39 is 0 Å². The molecule has 0 aliphatic heterocycles. The van der Waals surface area contributed by atoms with Gasteiger partial charge < -0.3 is 4.74 Å². The number of nitrogens with zero attached hydrogens (tertiary/aromatic N) is 2. The van der Waals surface area contributed by atoms with Crippen molar-refractivity contribution in [2.45, 2.75) is 5.88 Å². The van der Waals surface area contributed by atoms with E-state index in [0.717, 1.165) is 5.56 Å². The van der Waals surface area contributed by atoms with Crippen LogP contribution >= 0.6 is 11.6 Å². The number of methoxy groups -OCH3 is 1. The summed E-state index contributed by atoms with van der Waals surface area (Å²) in [4.78, 5) is 8.10. The molecule has 0 radical (unpaired) electrons. The molecule has 1 aromatic heterocycles. The number of alkyl halides is 1. The van der Waals surface area contributed by atoms with Crippen molar-refractivity contribution in [2.75, 3.05) is 7.11 Å². The van der Waals surface area contributed by atoms with Crippen LogP contribution in [-0.4, -0.2) is 17.1 Å². The first kappa shape index (κ1) is 11.8. The molecule has 0 bridgehead atoms. The zero-order chi connectivity index (χ0) is 12.3. The van der Waals surface area contributed by atoms with Gasteiger partial charge in [0.25, 0.3) is 0 Å². The fraction of sp³-hybridized carbons (Fsp3) is 0.167. The third-order valence-corrected chi connectivity index (χ3v) is 2.50. The minimum Gasteiger partial charge on any atom is -0.497 e. The summed E-state index contributed by atoms with van der Waals surface area (Å²) >= 11 is 5.59. The molecule has 2 rings (SSSR count). The van der Waals surface area contributed by atoms with Crippen molar-refractivity contribution in [3.8, 4) is 16.9 Å². The van der Waals surface area contributed by atoms with Crippen LogP contribution in [-0.2, 0) is 5.88 Å². The molecule has 0 aliphatic rings. The molecule has 0 aliphatic carbocycles. The highest BCUT2D eigenvalue weighted by molar-refractivity contribution is 6.16. The van der Waals surface area contributed by atoms with Crippen molar-refractivity contribution in [3.63, 3.8) is 0 Å². The molecule has 1 aromatic carbocycles. The van der Waals surface area contributed by atoms with Gasteiger partial charge in [0.2, 0.25) is 0 Å². The van der Waals surface area contributed by atoms with Crippen molar-refractivity contribution < 1.29 is 9.13 Å². The number of hydrogen-bond acceptors (Lipinski definition) is 3. The van der Waals surface area contributed by atoms with Crippen LogP contribution in [0.3, 0.4) is 0 Å². The maximum atomic E-state index is 13.3. The van der Waals surface area contributed by atoms with E-state index in [-0.39, 0.29) is 11.7 Å². The second-order valence-electron chi connectivity index (χ2n) is 3.40.